The van der Waals surface area contributed by atoms with E-state index in [-0.39, 0.29) is 12.1 Å². The fraction of sp³-hybridized carbons (Fsp3) is 0.500. The predicted molar refractivity (Wildman–Crippen MR) is 68.1 cm³/mol. The Labute approximate surface area is 109 Å². The maximum absolute atomic E-state index is 11.6. The van der Waals surface area contributed by atoms with Crippen LogP contribution in [-0.2, 0) is 16.6 Å². The fourth-order valence-corrected chi connectivity index (χ4v) is 2.73. The van der Waals surface area contributed by atoms with E-state index in [2.05, 4.69) is 4.72 Å². The number of hydrogen-bond acceptors (Lipinski definition) is 5. The molecule has 1 aromatic heterocycles. The Morgan fingerprint density at radius 1 is 1.47 bits per heavy atom. The molecule has 0 aromatic carbocycles. The van der Waals surface area contributed by atoms with E-state index < -0.39 is 26.8 Å². The lowest BCUT2D eigenvalue weighted by molar-refractivity contribution is 0.381. The van der Waals surface area contributed by atoms with Gasteiger partial charge in [0.15, 0.2) is 0 Å². The molecule has 0 radical (unpaired) electrons. The minimum Gasteiger partial charge on any atom is -0.297 e. The van der Waals surface area contributed by atoms with Crippen molar-refractivity contribution in [3.05, 3.63) is 32.6 Å². The Bertz CT molecular complexity index is 736. The molecule has 2 N–H and O–H groups in total. The predicted octanol–water partition coefficient (Wildman–Crippen LogP) is -1.26. The van der Waals surface area contributed by atoms with Crippen LogP contribution in [0.4, 0.5) is 0 Å². The average Bonchev–Trinajstić information content (AvgIpc) is 2.18. The molecular formula is C10H14N4O4S. The van der Waals surface area contributed by atoms with Crippen LogP contribution in [-0.4, -0.2) is 29.8 Å². The molecule has 0 spiro atoms. The first-order chi connectivity index (χ1) is 8.54. The van der Waals surface area contributed by atoms with Crippen LogP contribution in [0.3, 0.4) is 0 Å². The van der Waals surface area contributed by atoms with Crippen molar-refractivity contribution >= 4 is 10.0 Å². The zero-order valence-electron chi connectivity index (χ0n) is 10.7. The number of aromatic nitrogens is 2. The van der Waals surface area contributed by atoms with Crippen molar-refractivity contribution < 1.29 is 8.42 Å². The minimum absolute atomic E-state index is 0.0234. The summed E-state index contributed by atoms with van der Waals surface area (Å²) in [7, 11) is -3.44. The van der Waals surface area contributed by atoms with Gasteiger partial charge >= 0.3 is 5.69 Å². The molecule has 1 rings (SSSR count). The van der Waals surface area contributed by atoms with Gasteiger partial charge in [0.2, 0.25) is 10.0 Å². The lowest BCUT2D eigenvalue weighted by Crippen LogP contribution is -2.48. The molecule has 0 saturated carbocycles. The number of H-pyrrole nitrogens is 1. The highest BCUT2D eigenvalue weighted by atomic mass is 32.2. The zero-order chi connectivity index (χ0) is 14.8. The summed E-state index contributed by atoms with van der Waals surface area (Å²) in [6.07, 6.45) is 2.11. The van der Waals surface area contributed by atoms with Crippen LogP contribution in [0, 0.1) is 11.3 Å². The summed E-state index contributed by atoms with van der Waals surface area (Å²) in [4.78, 5) is 24.8. The van der Waals surface area contributed by atoms with Crippen LogP contribution in [0.5, 0.6) is 0 Å². The van der Waals surface area contributed by atoms with Gasteiger partial charge in [-0.25, -0.2) is 17.9 Å². The molecule has 0 saturated heterocycles. The van der Waals surface area contributed by atoms with Crippen molar-refractivity contribution in [1.82, 2.24) is 14.3 Å². The Hall–Kier alpha value is -1.92. The lowest BCUT2D eigenvalue weighted by atomic mass is 10.1. The summed E-state index contributed by atoms with van der Waals surface area (Å²) in [6, 6.07) is 1.65. The van der Waals surface area contributed by atoms with Gasteiger partial charge in [0, 0.05) is 18.3 Å². The van der Waals surface area contributed by atoms with Crippen molar-refractivity contribution in [3.63, 3.8) is 0 Å². The van der Waals surface area contributed by atoms with Gasteiger partial charge in [-0.15, -0.1) is 0 Å². The molecule has 0 aliphatic rings. The number of sulfonamides is 1. The summed E-state index contributed by atoms with van der Waals surface area (Å²) in [6.45, 7) is 3.14. The summed E-state index contributed by atoms with van der Waals surface area (Å²) in [5.41, 5.74) is -2.62. The molecule has 0 fully saturated rings. The molecule has 19 heavy (non-hydrogen) atoms. The molecule has 0 atom stereocenters. The van der Waals surface area contributed by atoms with E-state index in [1.54, 1.807) is 19.9 Å². The van der Waals surface area contributed by atoms with E-state index >= 15 is 0 Å². The summed E-state index contributed by atoms with van der Waals surface area (Å²) < 4.78 is 25.8. The Balaban J connectivity index is 3.17. The number of nitrogens with zero attached hydrogens (tertiary/aromatic N) is 2. The van der Waals surface area contributed by atoms with Crippen molar-refractivity contribution in [2.24, 2.45) is 0 Å². The second-order valence-corrected chi connectivity index (χ2v) is 6.55. The van der Waals surface area contributed by atoms with Gasteiger partial charge < -0.3 is 0 Å². The lowest BCUT2D eigenvalue weighted by Gasteiger charge is -2.25. The molecule has 1 heterocycles. The summed E-state index contributed by atoms with van der Waals surface area (Å²) in [5, 5.41) is 8.72. The third-order valence-corrected chi connectivity index (χ3v) is 3.08. The quantitative estimate of drug-likeness (QED) is 0.714. The van der Waals surface area contributed by atoms with Crippen LogP contribution in [0.15, 0.2) is 15.8 Å². The van der Waals surface area contributed by atoms with Crippen LogP contribution < -0.4 is 16.0 Å². The first kappa shape index (κ1) is 15.1. The SMILES string of the molecule is CC(C)(Cn1cc(C#N)c(=O)[nH]c1=O)NS(C)(=O)=O. The van der Waals surface area contributed by atoms with Crippen LogP contribution in [0.1, 0.15) is 19.4 Å². The van der Waals surface area contributed by atoms with Crippen molar-refractivity contribution in [1.29, 1.82) is 5.26 Å². The summed E-state index contributed by atoms with van der Waals surface area (Å²) in [5.74, 6) is 0. The van der Waals surface area contributed by atoms with Gasteiger partial charge in [0.25, 0.3) is 5.56 Å². The highest BCUT2D eigenvalue weighted by Crippen LogP contribution is 2.06. The molecule has 1 aromatic rings. The third kappa shape index (κ3) is 4.35. The standard InChI is InChI=1S/C10H14N4O4S/c1-10(2,13-19(3,17)18)6-14-5-7(4-11)8(15)12-9(14)16/h5,13H,6H2,1-3H3,(H,12,15,16). The highest BCUT2D eigenvalue weighted by Gasteiger charge is 2.23. The molecule has 9 heteroatoms. The molecule has 0 aliphatic carbocycles. The minimum atomic E-state index is -3.44. The van der Waals surface area contributed by atoms with Crippen molar-refractivity contribution in [2.75, 3.05) is 6.26 Å². The van der Waals surface area contributed by atoms with Gasteiger partial charge in [0.1, 0.15) is 11.6 Å². The molecular weight excluding hydrogens is 272 g/mol. The monoisotopic (exact) mass is 286 g/mol. The maximum atomic E-state index is 11.6. The van der Waals surface area contributed by atoms with Crippen LogP contribution >= 0.6 is 0 Å². The Morgan fingerprint density at radius 3 is 2.53 bits per heavy atom. The van der Waals surface area contributed by atoms with Crippen LogP contribution in [0.25, 0.3) is 0 Å². The number of nitriles is 1. The average molecular weight is 286 g/mol. The van der Waals surface area contributed by atoms with Crippen molar-refractivity contribution in [2.45, 2.75) is 25.9 Å². The molecule has 0 amide bonds. The molecule has 104 valence electrons. The van der Waals surface area contributed by atoms with Gasteiger partial charge in [-0.3, -0.25) is 14.3 Å². The Morgan fingerprint density at radius 2 is 2.05 bits per heavy atom. The van der Waals surface area contributed by atoms with Crippen LogP contribution in [0.2, 0.25) is 0 Å². The van der Waals surface area contributed by atoms with E-state index in [1.807, 2.05) is 4.98 Å². The topological polar surface area (TPSA) is 125 Å². The molecule has 0 unspecified atom stereocenters. The number of hydrogen-bond donors (Lipinski definition) is 2. The number of aromatic amines is 1. The number of rotatable bonds is 4. The van der Waals surface area contributed by atoms with E-state index in [4.69, 9.17) is 5.26 Å². The maximum Gasteiger partial charge on any atom is 0.328 e. The second-order valence-electron chi connectivity index (χ2n) is 4.80. The van der Waals surface area contributed by atoms with Gasteiger partial charge in [-0.1, -0.05) is 0 Å². The fourth-order valence-electron chi connectivity index (χ4n) is 1.67. The van der Waals surface area contributed by atoms with Crippen molar-refractivity contribution in [3.8, 4) is 6.07 Å². The molecule has 0 aliphatic heterocycles. The van der Waals surface area contributed by atoms with Gasteiger partial charge in [0.05, 0.1) is 6.26 Å². The smallest absolute Gasteiger partial charge is 0.297 e. The Kier molecular flexibility index (Phi) is 3.97. The highest BCUT2D eigenvalue weighted by molar-refractivity contribution is 7.88. The molecule has 0 bridgehead atoms. The normalized spacial score (nSPS) is 12.1. The van der Waals surface area contributed by atoms with Gasteiger partial charge in [-0.2, -0.15) is 5.26 Å². The van der Waals surface area contributed by atoms with E-state index in [1.165, 1.54) is 0 Å². The molecule has 8 nitrogen and oxygen atoms in total. The van der Waals surface area contributed by atoms with E-state index in [9.17, 15) is 18.0 Å². The summed E-state index contributed by atoms with van der Waals surface area (Å²) >= 11 is 0. The number of nitrogens with one attached hydrogen (secondary N) is 2. The largest absolute Gasteiger partial charge is 0.328 e. The second kappa shape index (κ2) is 4.99. The first-order valence-electron chi connectivity index (χ1n) is 5.27. The van der Waals surface area contributed by atoms with Gasteiger partial charge in [-0.05, 0) is 13.8 Å². The van der Waals surface area contributed by atoms with E-state index in [0.717, 1.165) is 17.0 Å². The van der Waals surface area contributed by atoms with E-state index in [0.29, 0.717) is 0 Å². The zero-order valence-corrected chi connectivity index (χ0v) is 11.5. The third-order valence-electron chi connectivity index (χ3n) is 2.16. The first-order valence-corrected chi connectivity index (χ1v) is 7.16.